The number of benzene rings is 1. The number of nitrogens with zero attached hydrogens (tertiary/aromatic N) is 2. The smallest absolute Gasteiger partial charge is 0.0658 e. The van der Waals surface area contributed by atoms with E-state index in [2.05, 4.69) is 36.3 Å². The zero-order valence-corrected chi connectivity index (χ0v) is 11.8. The van der Waals surface area contributed by atoms with Crippen LogP contribution in [0.2, 0.25) is 0 Å². The summed E-state index contributed by atoms with van der Waals surface area (Å²) in [6.45, 7) is 2.94. The number of hydrogen-bond donors (Lipinski definition) is 1. The van der Waals surface area contributed by atoms with E-state index >= 15 is 0 Å². The third kappa shape index (κ3) is 2.55. The van der Waals surface area contributed by atoms with E-state index in [0.29, 0.717) is 6.42 Å². The van der Waals surface area contributed by atoms with Gasteiger partial charge >= 0.3 is 0 Å². The average molecular weight is 274 g/mol. The van der Waals surface area contributed by atoms with Gasteiger partial charge in [0.05, 0.1) is 12.3 Å². The van der Waals surface area contributed by atoms with Crippen LogP contribution in [0.1, 0.15) is 24.0 Å². The van der Waals surface area contributed by atoms with E-state index in [1.165, 1.54) is 10.5 Å². The van der Waals surface area contributed by atoms with E-state index in [9.17, 15) is 5.11 Å². The highest BCUT2D eigenvalue weighted by molar-refractivity contribution is 7.99. The van der Waals surface area contributed by atoms with Crippen molar-refractivity contribution in [2.24, 2.45) is 0 Å². The summed E-state index contributed by atoms with van der Waals surface area (Å²) in [7, 11) is 0. The van der Waals surface area contributed by atoms with E-state index in [1.807, 2.05) is 28.8 Å². The third-order valence-electron chi connectivity index (χ3n) is 3.66. The molecule has 2 aromatic rings. The zero-order valence-electron chi connectivity index (χ0n) is 11.0. The fourth-order valence-corrected chi connectivity index (χ4v) is 3.90. The van der Waals surface area contributed by atoms with Crippen molar-refractivity contribution in [3.05, 3.63) is 47.8 Å². The summed E-state index contributed by atoms with van der Waals surface area (Å²) < 4.78 is 1.90. The Morgan fingerprint density at radius 1 is 1.47 bits per heavy atom. The molecule has 3 rings (SSSR count). The van der Waals surface area contributed by atoms with Crippen molar-refractivity contribution in [3.63, 3.8) is 0 Å². The first-order chi connectivity index (χ1) is 9.28. The second kappa shape index (κ2) is 5.39. The van der Waals surface area contributed by atoms with Gasteiger partial charge < -0.3 is 5.11 Å². The van der Waals surface area contributed by atoms with Crippen LogP contribution in [0.5, 0.6) is 0 Å². The van der Waals surface area contributed by atoms with E-state index in [0.717, 1.165) is 17.9 Å². The Hall–Kier alpha value is -1.26. The minimum absolute atomic E-state index is 0.242. The maximum Gasteiger partial charge on any atom is 0.0658 e. The van der Waals surface area contributed by atoms with Crippen molar-refractivity contribution >= 4 is 11.8 Å². The summed E-state index contributed by atoms with van der Waals surface area (Å²) in [6, 6.07) is 8.39. The maximum atomic E-state index is 10.5. The topological polar surface area (TPSA) is 38.0 Å². The van der Waals surface area contributed by atoms with Crippen LogP contribution in [0, 0.1) is 0 Å². The van der Waals surface area contributed by atoms with Crippen LogP contribution in [0.4, 0.5) is 0 Å². The molecule has 0 saturated carbocycles. The van der Waals surface area contributed by atoms with Gasteiger partial charge in [0.1, 0.15) is 0 Å². The highest BCUT2D eigenvalue weighted by Crippen LogP contribution is 2.41. The summed E-state index contributed by atoms with van der Waals surface area (Å²) >= 11 is 1.84. The summed E-state index contributed by atoms with van der Waals surface area (Å²) in [5.41, 5.74) is 2.41. The lowest BCUT2D eigenvalue weighted by molar-refractivity contribution is 0.151. The van der Waals surface area contributed by atoms with Gasteiger partial charge in [0.25, 0.3) is 0 Å². The number of aliphatic hydroxyl groups is 1. The molecule has 3 nitrogen and oxygen atoms in total. The molecule has 0 spiro atoms. The predicted octanol–water partition coefficient (Wildman–Crippen LogP) is 2.70. The molecule has 2 atom stereocenters. The molecule has 2 heterocycles. The number of aliphatic hydroxyl groups excluding tert-OH is 1. The Balaban J connectivity index is 1.73. The van der Waals surface area contributed by atoms with E-state index in [-0.39, 0.29) is 12.0 Å². The largest absolute Gasteiger partial charge is 0.392 e. The van der Waals surface area contributed by atoms with Crippen molar-refractivity contribution in [1.82, 2.24) is 9.78 Å². The third-order valence-corrected chi connectivity index (χ3v) is 4.87. The predicted molar refractivity (Wildman–Crippen MR) is 77.5 cm³/mol. The summed E-state index contributed by atoms with van der Waals surface area (Å²) in [4.78, 5) is 1.32. The summed E-state index contributed by atoms with van der Waals surface area (Å²) in [5.74, 6) is 1.22. The molecular weight excluding hydrogens is 256 g/mol. The second-order valence-electron chi connectivity index (χ2n) is 4.93. The average Bonchev–Trinajstić information content (AvgIpc) is 3.04. The normalized spacial score (nSPS) is 19.4. The Morgan fingerprint density at radius 2 is 2.32 bits per heavy atom. The van der Waals surface area contributed by atoms with Gasteiger partial charge in [0.2, 0.25) is 0 Å². The van der Waals surface area contributed by atoms with Gasteiger partial charge in [-0.1, -0.05) is 18.2 Å². The Bertz CT molecular complexity index is 567. The molecule has 1 aromatic heterocycles. The van der Waals surface area contributed by atoms with Gasteiger partial charge in [0, 0.05) is 35.7 Å². The maximum absolute atomic E-state index is 10.5. The Kier molecular flexibility index (Phi) is 3.62. The Morgan fingerprint density at radius 3 is 3.11 bits per heavy atom. The first-order valence-corrected chi connectivity index (χ1v) is 7.67. The fourth-order valence-electron chi connectivity index (χ4n) is 2.57. The van der Waals surface area contributed by atoms with E-state index in [1.54, 1.807) is 0 Å². The van der Waals surface area contributed by atoms with Crippen LogP contribution in [0.15, 0.2) is 41.6 Å². The first kappa shape index (κ1) is 12.8. The standard InChI is InChI=1S/C15H18N2OS/c1-2-17-9-11(8-16-17)7-14(18)13-10-19-15-6-4-3-5-12(13)15/h3-6,8-9,13-14,18H,2,7,10H2,1H3. The molecule has 0 aliphatic carbocycles. The van der Waals surface area contributed by atoms with Crippen molar-refractivity contribution in [3.8, 4) is 0 Å². The zero-order chi connectivity index (χ0) is 13.2. The number of rotatable bonds is 4. The van der Waals surface area contributed by atoms with Gasteiger partial charge in [-0.25, -0.2) is 0 Å². The summed E-state index contributed by atoms with van der Waals surface area (Å²) in [5, 5.41) is 14.7. The second-order valence-corrected chi connectivity index (χ2v) is 5.99. The Labute approximate surface area is 117 Å². The fraction of sp³-hybridized carbons (Fsp3) is 0.400. The monoisotopic (exact) mass is 274 g/mol. The highest BCUT2D eigenvalue weighted by Gasteiger charge is 2.29. The van der Waals surface area contributed by atoms with Crippen LogP contribution in [0.25, 0.3) is 0 Å². The molecular formula is C15H18N2OS. The van der Waals surface area contributed by atoms with Crippen molar-refractivity contribution < 1.29 is 5.11 Å². The highest BCUT2D eigenvalue weighted by atomic mass is 32.2. The number of aryl methyl sites for hydroxylation is 1. The minimum atomic E-state index is -0.328. The molecule has 0 saturated heterocycles. The first-order valence-electron chi connectivity index (χ1n) is 6.69. The van der Waals surface area contributed by atoms with E-state index < -0.39 is 0 Å². The molecule has 4 heteroatoms. The van der Waals surface area contributed by atoms with Crippen molar-refractivity contribution in [2.75, 3.05) is 5.75 Å². The van der Waals surface area contributed by atoms with Gasteiger partial charge in [-0.05, 0) is 24.1 Å². The molecule has 1 N–H and O–H groups in total. The van der Waals surface area contributed by atoms with Gasteiger partial charge in [-0.2, -0.15) is 5.10 Å². The molecule has 2 unspecified atom stereocenters. The lowest BCUT2D eigenvalue weighted by atomic mass is 9.92. The van der Waals surface area contributed by atoms with Gasteiger partial charge in [0.15, 0.2) is 0 Å². The van der Waals surface area contributed by atoms with Crippen LogP contribution < -0.4 is 0 Å². The molecule has 1 aromatic carbocycles. The molecule has 0 radical (unpaired) electrons. The van der Waals surface area contributed by atoms with Crippen molar-refractivity contribution in [1.29, 1.82) is 0 Å². The van der Waals surface area contributed by atoms with Crippen LogP contribution in [-0.4, -0.2) is 26.7 Å². The molecule has 0 fully saturated rings. The van der Waals surface area contributed by atoms with Gasteiger partial charge in [-0.15, -0.1) is 11.8 Å². The lowest BCUT2D eigenvalue weighted by Gasteiger charge is -2.17. The SMILES string of the molecule is CCn1cc(CC(O)C2CSc3ccccc32)cn1. The van der Waals surface area contributed by atoms with Crippen LogP contribution >= 0.6 is 11.8 Å². The van der Waals surface area contributed by atoms with Crippen molar-refractivity contribution in [2.45, 2.75) is 36.8 Å². The van der Waals surface area contributed by atoms with E-state index in [4.69, 9.17) is 0 Å². The molecule has 1 aliphatic heterocycles. The van der Waals surface area contributed by atoms with Crippen LogP contribution in [0.3, 0.4) is 0 Å². The number of hydrogen-bond acceptors (Lipinski definition) is 3. The molecule has 19 heavy (non-hydrogen) atoms. The summed E-state index contributed by atoms with van der Waals surface area (Å²) in [6.07, 6.45) is 4.24. The molecule has 1 aliphatic rings. The number of thioether (sulfide) groups is 1. The lowest BCUT2D eigenvalue weighted by Crippen LogP contribution is -2.20. The quantitative estimate of drug-likeness (QED) is 0.931. The minimum Gasteiger partial charge on any atom is -0.392 e. The molecule has 0 amide bonds. The van der Waals surface area contributed by atoms with Gasteiger partial charge in [-0.3, -0.25) is 4.68 Å². The van der Waals surface area contributed by atoms with Crippen LogP contribution in [-0.2, 0) is 13.0 Å². The number of fused-ring (bicyclic) bond motifs is 1. The molecule has 100 valence electrons. The number of aromatic nitrogens is 2. The molecule has 0 bridgehead atoms.